The molecule has 1 aromatic heterocycles. The summed E-state index contributed by atoms with van der Waals surface area (Å²) in [4.78, 5) is 28.2. The minimum absolute atomic E-state index is 0.0120. The number of nitrogens with one attached hydrogen (secondary N) is 1. The predicted octanol–water partition coefficient (Wildman–Crippen LogP) is 6.78. The lowest BCUT2D eigenvalue weighted by atomic mass is 9.92. The van der Waals surface area contributed by atoms with Crippen molar-refractivity contribution in [3.63, 3.8) is 0 Å². The molecule has 6 nitrogen and oxygen atoms in total. The van der Waals surface area contributed by atoms with Gasteiger partial charge in [-0.25, -0.2) is 4.68 Å². The number of hydrogen-bond donors (Lipinski definition) is 1. The second-order valence-corrected chi connectivity index (χ2v) is 10.7. The van der Waals surface area contributed by atoms with Crippen LogP contribution in [-0.2, 0) is 16.6 Å². The van der Waals surface area contributed by atoms with Gasteiger partial charge in [0.2, 0.25) is 5.91 Å². The van der Waals surface area contributed by atoms with Gasteiger partial charge >= 0.3 is 0 Å². The second kappa shape index (κ2) is 13.2. The van der Waals surface area contributed by atoms with Crippen LogP contribution in [0.2, 0.25) is 0 Å². The monoisotopic (exact) mass is 502 g/mol. The number of carbonyl (C=O) groups excluding carboxylic acids is 2. The Labute approximate surface area is 222 Å². The summed E-state index contributed by atoms with van der Waals surface area (Å²) in [7, 11) is 0. The van der Waals surface area contributed by atoms with E-state index in [1.807, 2.05) is 60.7 Å². The molecule has 0 fully saturated rings. The summed E-state index contributed by atoms with van der Waals surface area (Å²) in [6.07, 6.45) is 6.36. The molecule has 1 N–H and O–H groups in total. The Morgan fingerprint density at radius 1 is 0.919 bits per heavy atom. The minimum Gasteiger partial charge on any atom is -0.329 e. The highest BCUT2D eigenvalue weighted by Crippen LogP contribution is 2.26. The highest BCUT2D eigenvalue weighted by Gasteiger charge is 2.23. The van der Waals surface area contributed by atoms with E-state index in [-0.39, 0.29) is 23.8 Å². The topological polar surface area (TPSA) is 67.2 Å². The number of hydrogen-bond acceptors (Lipinski definition) is 3. The maximum atomic E-state index is 13.4. The number of para-hydroxylation sites is 1. The van der Waals surface area contributed by atoms with Crippen molar-refractivity contribution in [2.45, 2.75) is 78.6 Å². The van der Waals surface area contributed by atoms with E-state index >= 15 is 0 Å². The van der Waals surface area contributed by atoms with E-state index < -0.39 is 0 Å². The number of carbonyl (C=O) groups is 2. The molecule has 0 atom stereocenters. The molecule has 0 aliphatic rings. The molecule has 2 aromatic carbocycles. The molecule has 0 saturated carbocycles. The minimum atomic E-state index is -0.238. The molecule has 198 valence electrons. The Kier molecular flexibility index (Phi) is 10.1. The molecule has 0 bridgehead atoms. The molecule has 37 heavy (non-hydrogen) atoms. The lowest BCUT2D eigenvalue weighted by Gasteiger charge is -2.22. The number of nitrogens with zero attached hydrogens (tertiary/aromatic N) is 3. The van der Waals surface area contributed by atoms with Crippen LogP contribution in [0.3, 0.4) is 0 Å². The number of unbranched alkanes of at least 4 members (excludes halogenated alkanes) is 3. The molecule has 6 heteroatoms. The van der Waals surface area contributed by atoms with Crippen molar-refractivity contribution >= 4 is 17.6 Å². The fourth-order valence-electron chi connectivity index (χ4n) is 4.14. The first-order chi connectivity index (χ1) is 17.7. The number of rotatable bonds is 12. The standard InChI is InChI=1S/C31H42N4O2/c1-6-8-11-14-24-17-19-25(20-18-24)30(37)34(21-9-7-2)23-29(36)32-28-22-27(31(3,4)5)33-35(28)26-15-12-10-13-16-26/h10,12-13,15-20,22H,6-9,11,14,21,23H2,1-5H3,(H,32,36). The lowest BCUT2D eigenvalue weighted by molar-refractivity contribution is -0.117. The summed E-state index contributed by atoms with van der Waals surface area (Å²) in [5.74, 6) is 0.245. The van der Waals surface area contributed by atoms with E-state index in [1.165, 1.54) is 18.4 Å². The fourth-order valence-corrected chi connectivity index (χ4v) is 4.14. The average Bonchev–Trinajstić information content (AvgIpc) is 3.31. The van der Waals surface area contributed by atoms with Gasteiger partial charge in [-0.15, -0.1) is 0 Å². The van der Waals surface area contributed by atoms with Crippen LogP contribution in [0.25, 0.3) is 5.69 Å². The number of benzene rings is 2. The SMILES string of the molecule is CCCCCc1ccc(C(=O)N(CCCC)CC(=O)Nc2cc(C(C)(C)C)nn2-c2ccccc2)cc1. The zero-order valence-electron chi connectivity index (χ0n) is 23.1. The lowest BCUT2D eigenvalue weighted by Crippen LogP contribution is -2.39. The van der Waals surface area contributed by atoms with E-state index in [4.69, 9.17) is 5.10 Å². The molecular weight excluding hydrogens is 460 g/mol. The van der Waals surface area contributed by atoms with E-state index in [0.717, 1.165) is 37.1 Å². The van der Waals surface area contributed by atoms with Crippen LogP contribution >= 0.6 is 0 Å². The third kappa shape index (κ3) is 8.04. The third-order valence-corrected chi connectivity index (χ3v) is 6.42. The molecule has 0 radical (unpaired) electrons. The summed E-state index contributed by atoms with van der Waals surface area (Å²) in [6.45, 7) is 11.1. The summed E-state index contributed by atoms with van der Waals surface area (Å²) in [5.41, 5.74) is 3.43. The molecule has 3 aromatic rings. The first kappa shape index (κ1) is 28.2. The van der Waals surface area contributed by atoms with Crippen LogP contribution in [0, 0.1) is 0 Å². The number of aromatic nitrogens is 2. The van der Waals surface area contributed by atoms with Crippen LogP contribution in [0.5, 0.6) is 0 Å². The summed E-state index contributed by atoms with van der Waals surface area (Å²) in [5, 5.41) is 7.79. The van der Waals surface area contributed by atoms with Crippen LogP contribution in [0.15, 0.2) is 60.7 Å². The zero-order valence-corrected chi connectivity index (χ0v) is 23.1. The Morgan fingerprint density at radius 2 is 1.59 bits per heavy atom. The largest absolute Gasteiger partial charge is 0.329 e. The van der Waals surface area contributed by atoms with Crippen molar-refractivity contribution < 1.29 is 9.59 Å². The fraction of sp³-hybridized carbons (Fsp3) is 0.452. The second-order valence-electron chi connectivity index (χ2n) is 10.7. The smallest absolute Gasteiger partial charge is 0.254 e. The quantitative estimate of drug-likeness (QED) is 0.278. The van der Waals surface area contributed by atoms with Crippen LogP contribution in [0.4, 0.5) is 5.82 Å². The molecule has 2 amide bonds. The highest BCUT2D eigenvalue weighted by molar-refractivity contribution is 5.99. The van der Waals surface area contributed by atoms with Gasteiger partial charge in [-0.1, -0.05) is 84.2 Å². The molecule has 1 heterocycles. The zero-order chi connectivity index (χ0) is 26.8. The van der Waals surface area contributed by atoms with Gasteiger partial charge in [-0.05, 0) is 49.1 Å². The van der Waals surface area contributed by atoms with E-state index in [1.54, 1.807) is 9.58 Å². The Bertz CT molecular complexity index is 1140. The van der Waals surface area contributed by atoms with Gasteiger partial charge in [0.15, 0.2) is 0 Å². The summed E-state index contributed by atoms with van der Waals surface area (Å²) < 4.78 is 1.76. The Morgan fingerprint density at radius 3 is 2.22 bits per heavy atom. The summed E-state index contributed by atoms with van der Waals surface area (Å²) >= 11 is 0. The average molecular weight is 503 g/mol. The Balaban J connectivity index is 1.76. The van der Waals surface area contributed by atoms with Gasteiger partial charge in [0.05, 0.1) is 11.4 Å². The van der Waals surface area contributed by atoms with Crippen molar-refractivity contribution in [1.29, 1.82) is 0 Å². The van der Waals surface area contributed by atoms with E-state index in [9.17, 15) is 9.59 Å². The molecule has 3 rings (SSSR count). The summed E-state index contributed by atoms with van der Waals surface area (Å²) in [6, 6.07) is 19.5. The first-order valence-electron chi connectivity index (χ1n) is 13.6. The van der Waals surface area contributed by atoms with E-state index in [2.05, 4.69) is 39.9 Å². The van der Waals surface area contributed by atoms with Gasteiger partial charge in [-0.3, -0.25) is 9.59 Å². The number of anilines is 1. The highest BCUT2D eigenvalue weighted by atomic mass is 16.2. The van der Waals surface area contributed by atoms with E-state index in [0.29, 0.717) is 17.9 Å². The van der Waals surface area contributed by atoms with Gasteiger partial charge < -0.3 is 10.2 Å². The van der Waals surface area contributed by atoms with Crippen LogP contribution < -0.4 is 5.32 Å². The van der Waals surface area contributed by atoms with Crippen LogP contribution in [0.1, 0.15) is 88.3 Å². The molecule has 0 aliphatic heterocycles. The van der Waals surface area contributed by atoms with Gasteiger partial charge in [0.25, 0.3) is 5.91 Å². The van der Waals surface area contributed by atoms with Crippen molar-refractivity contribution in [3.05, 3.63) is 77.5 Å². The van der Waals surface area contributed by atoms with Crippen LogP contribution in [-0.4, -0.2) is 39.6 Å². The molecule has 0 unspecified atom stereocenters. The van der Waals surface area contributed by atoms with Gasteiger partial charge in [-0.2, -0.15) is 5.10 Å². The molecule has 0 spiro atoms. The maximum Gasteiger partial charge on any atom is 0.254 e. The molecule has 0 aliphatic carbocycles. The number of amides is 2. The van der Waals surface area contributed by atoms with Crippen molar-refractivity contribution in [2.24, 2.45) is 0 Å². The maximum absolute atomic E-state index is 13.4. The molecular formula is C31H42N4O2. The van der Waals surface area contributed by atoms with Gasteiger partial charge in [0.1, 0.15) is 12.4 Å². The molecule has 0 saturated heterocycles. The first-order valence-corrected chi connectivity index (χ1v) is 13.6. The van der Waals surface area contributed by atoms with Crippen molar-refractivity contribution in [1.82, 2.24) is 14.7 Å². The predicted molar refractivity (Wildman–Crippen MR) is 151 cm³/mol. The van der Waals surface area contributed by atoms with Crippen molar-refractivity contribution in [3.8, 4) is 5.69 Å². The third-order valence-electron chi connectivity index (χ3n) is 6.42. The number of aryl methyl sites for hydroxylation is 1. The normalized spacial score (nSPS) is 11.4. The Hall–Kier alpha value is -3.41. The van der Waals surface area contributed by atoms with Crippen molar-refractivity contribution in [2.75, 3.05) is 18.4 Å². The van der Waals surface area contributed by atoms with Gasteiger partial charge in [0, 0.05) is 23.6 Å².